The van der Waals surface area contributed by atoms with Gasteiger partial charge in [-0.05, 0) is 12.1 Å². The van der Waals surface area contributed by atoms with Crippen LogP contribution in [-0.2, 0) is 20.0 Å². The third-order valence-corrected chi connectivity index (χ3v) is 5.37. The van der Waals surface area contributed by atoms with Gasteiger partial charge < -0.3 is 5.73 Å². The Labute approximate surface area is 140 Å². The van der Waals surface area contributed by atoms with E-state index in [0.717, 1.165) is 0 Å². The molecule has 0 radical (unpaired) electrons. The van der Waals surface area contributed by atoms with Crippen molar-refractivity contribution in [1.29, 1.82) is 0 Å². The predicted octanol–water partition coefficient (Wildman–Crippen LogP) is -0.0999. The van der Waals surface area contributed by atoms with Crippen molar-refractivity contribution in [2.75, 3.05) is 25.4 Å². The lowest BCUT2D eigenvalue weighted by Gasteiger charge is -2.14. The molecule has 0 amide bonds. The predicted molar refractivity (Wildman–Crippen MR) is 84.7 cm³/mol. The van der Waals surface area contributed by atoms with E-state index >= 15 is 0 Å². The van der Waals surface area contributed by atoms with Crippen molar-refractivity contribution < 1.29 is 25.6 Å². The molecule has 4 N–H and O–H groups in total. The summed E-state index contributed by atoms with van der Waals surface area (Å²) in [6, 6.07) is 7.35. The molecular formula is C11H18ClF2N3O4S2. The molecular weight excluding hydrogens is 376 g/mol. The van der Waals surface area contributed by atoms with Crippen molar-refractivity contribution in [3.63, 3.8) is 0 Å². The minimum atomic E-state index is -4.04. The first-order chi connectivity index (χ1) is 10.1. The van der Waals surface area contributed by atoms with Crippen LogP contribution in [0.3, 0.4) is 0 Å². The fourth-order valence-electron chi connectivity index (χ4n) is 1.35. The molecule has 1 rings (SSSR count). The van der Waals surface area contributed by atoms with E-state index in [-0.39, 0.29) is 17.3 Å². The van der Waals surface area contributed by atoms with Crippen molar-refractivity contribution >= 4 is 32.5 Å². The monoisotopic (exact) mass is 393 g/mol. The summed E-state index contributed by atoms with van der Waals surface area (Å²) in [6.45, 7) is -2.56. The zero-order valence-corrected chi connectivity index (χ0v) is 14.4. The number of benzene rings is 1. The van der Waals surface area contributed by atoms with Gasteiger partial charge in [0, 0.05) is 6.54 Å². The molecule has 0 fully saturated rings. The number of rotatable bonds is 9. The molecule has 0 bridgehead atoms. The molecule has 0 aliphatic carbocycles. The van der Waals surface area contributed by atoms with E-state index in [0.29, 0.717) is 0 Å². The Hall–Kier alpha value is -0.850. The molecule has 0 atom stereocenters. The zero-order valence-electron chi connectivity index (χ0n) is 11.9. The molecule has 0 saturated carbocycles. The molecule has 134 valence electrons. The Balaban J connectivity index is 0.00000484. The highest BCUT2D eigenvalue weighted by Gasteiger charge is 2.28. The number of hydrogen-bond acceptors (Lipinski definition) is 5. The van der Waals surface area contributed by atoms with E-state index in [1.54, 1.807) is 10.8 Å². The summed E-state index contributed by atoms with van der Waals surface area (Å²) in [7, 11) is -7.88. The molecule has 1 aromatic rings. The van der Waals surface area contributed by atoms with Gasteiger partial charge in [-0.3, -0.25) is 0 Å². The van der Waals surface area contributed by atoms with Gasteiger partial charge in [-0.25, -0.2) is 35.1 Å². The molecule has 7 nitrogen and oxygen atoms in total. The molecule has 0 aromatic heterocycles. The summed E-state index contributed by atoms with van der Waals surface area (Å²) in [4.78, 5) is -0.0185. The van der Waals surface area contributed by atoms with Crippen LogP contribution in [0.2, 0.25) is 0 Å². The maximum absolute atomic E-state index is 12.9. The number of sulfonamides is 2. The Bertz CT molecular complexity index is 684. The number of nitrogens with one attached hydrogen (secondary N) is 2. The Morgan fingerprint density at radius 1 is 1.04 bits per heavy atom. The number of halogens is 3. The van der Waals surface area contributed by atoms with Crippen molar-refractivity contribution in [2.45, 2.75) is 10.8 Å². The van der Waals surface area contributed by atoms with E-state index < -0.39 is 51.4 Å². The van der Waals surface area contributed by atoms with Gasteiger partial charge in [0.1, 0.15) is 0 Å². The number of nitrogens with two attached hydrogens (primary N) is 1. The number of hydrogen-bond donors (Lipinski definition) is 3. The lowest BCUT2D eigenvalue weighted by atomic mass is 10.3. The highest BCUT2D eigenvalue weighted by molar-refractivity contribution is 7.90. The minimum absolute atomic E-state index is 0. The lowest BCUT2D eigenvalue weighted by Crippen LogP contribution is -2.43. The summed E-state index contributed by atoms with van der Waals surface area (Å²) >= 11 is 0. The van der Waals surface area contributed by atoms with Gasteiger partial charge in [-0.15, -0.1) is 12.4 Å². The fourth-order valence-corrected chi connectivity index (χ4v) is 3.48. The van der Waals surface area contributed by atoms with Crippen LogP contribution in [0.25, 0.3) is 0 Å². The molecule has 0 aliphatic rings. The topological polar surface area (TPSA) is 118 Å². The summed E-state index contributed by atoms with van der Waals surface area (Å²) in [5.41, 5.74) is 4.78. The molecule has 23 heavy (non-hydrogen) atoms. The van der Waals surface area contributed by atoms with Crippen molar-refractivity contribution in [3.8, 4) is 0 Å². The highest BCUT2D eigenvalue weighted by atomic mass is 35.5. The Morgan fingerprint density at radius 2 is 1.61 bits per heavy atom. The molecule has 0 saturated heterocycles. The Kier molecular flexibility index (Phi) is 8.52. The lowest BCUT2D eigenvalue weighted by molar-refractivity contribution is 0.0170. The SMILES string of the molecule is Cl.NCC(F)(F)CNS(=O)(=O)CCNS(=O)(=O)c1ccccc1. The first kappa shape index (κ1) is 22.1. The summed E-state index contributed by atoms with van der Waals surface area (Å²) < 4.78 is 76.1. The summed E-state index contributed by atoms with van der Waals surface area (Å²) in [6.07, 6.45) is 0. The molecule has 0 spiro atoms. The first-order valence-corrected chi connectivity index (χ1v) is 9.31. The minimum Gasteiger partial charge on any atom is -0.325 e. The van der Waals surface area contributed by atoms with Gasteiger partial charge in [0.05, 0.1) is 23.7 Å². The Morgan fingerprint density at radius 3 is 2.13 bits per heavy atom. The quantitative estimate of drug-likeness (QED) is 0.541. The molecule has 0 unspecified atom stereocenters. The fraction of sp³-hybridized carbons (Fsp3) is 0.455. The van der Waals surface area contributed by atoms with Crippen LogP contribution in [0, 0.1) is 0 Å². The van der Waals surface area contributed by atoms with Crippen molar-refractivity contribution in [2.24, 2.45) is 5.73 Å². The van der Waals surface area contributed by atoms with Crippen LogP contribution < -0.4 is 15.2 Å². The van der Waals surface area contributed by atoms with E-state index in [9.17, 15) is 25.6 Å². The smallest absolute Gasteiger partial charge is 0.273 e. The third kappa shape index (κ3) is 7.99. The van der Waals surface area contributed by atoms with Gasteiger partial charge in [0.25, 0.3) is 5.92 Å². The van der Waals surface area contributed by atoms with E-state index in [4.69, 9.17) is 5.73 Å². The van der Waals surface area contributed by atoms with E-state index in [2.05, 4.69) is 4.72 Å². The molecule has 1 aromatic carbocycles. The normalized spacial score (nSPS) is 12.7. The van der Waals surface area contributed by atoms with Crippen LogP contribution in [0.15, 0.2) is 35.2 Å². The van der Waals surface area contributed by atoms with Gasteiger partial charge in [-0.2, -0.15) is 0 Å². The van der Waals surface area contributed by atoms with E-state index in [1.807, 2.05) is 0 Å². The van der Waals surface area contributed by atoms with Crippen LogP contribution in [-0.4, -0.2) is 48.1 Å². The summed E-state index contributed by atoms with van der Waals surface area (Å²) in [5, 5.41) is 0. The highest BCUT2D eigenvalue weighted by Crippen LogP contribution is 2.09. The number of alkyl halides is 2. The second-order valence-electron chi connectivity index (χ2n) is 4.41. The van der Waals surface area contributed by atoms with Crippen LogP contribution in [0.1, 0.15) is 0 Å². The average molecular weight is 394 g/mol. The second kappa shape index (κ2) is 8.85. The van der Waals surface area contributed by atoms with Crippen molar-refractivity contribution in [1.82, 2.24) is 9.44 Å². The average Bonchev–Trinajstić information content (AvgIpc) is 2.46. The van der Waals surface area contributed by atoms with Crippen LogP contribution >= 0.6 is 12.4 Å². The van der Waals surface area contributed by atoms with Gasteiger partial charge >= 0.3 is 0 Å². The maximum atomic E-state index is 12.9. The van der Waals surface area contributed by atoms with Crippen molar-refractivity contribution in [3.05, 3.63) is 30.3 Å². The van der Waals surface area contributed by atoms with Gasteiger partial charge in [0.15, 0.2) is 0 Å². The second-order valence-corrected chi connectivity index (χ2v) is 8.10. The maximum Gasteiger partial charge on any atom is 0.273 e. The largest absolute Gasteiger partial charge is 0.325 e. The molecule has 0 aliphatic heterocycles. The first-order valence-electron chi connectivity index (χ1n) is 6.18. The van der Waals surface area contributed by atoms with Crippen LogP contribution in [0.4, 0.5) is 8.78 Å². The molecule has 0 heterocycles. The van der Waals surface area contributed by atoms with Gasteiger partial charge in [-0.1, -0.05) is 18.2 Å². The standard InChI is InChI=1S/C11H17F2N3O4S2.ClH/c12-11(13,8-14)9-16-21(17,18)7-6-15-22(19,20)10-4-2-1-3-5-10;/h1-5,15-16H,6-9,14H2;1H. The third-order valence-electron chi connectivity index (χ3n) is 2.57. The summed E-state index contributed by atoms with van der Waals surface area (Å²) in [5.74, 6) is -4.02. The van der Waals surface area contributed by atoms with Crippen LogP contribution in [0.5, 0.6) is 0 Å². The van der Waals surface area contributed by atoms with E-state index in [1.165, 1.54) is 24.3 Å². The van der Waals surface area contributed by atoms with Gasteiger partial charge in [0.2, 0.25) is 20.0 Å². The molecule has 12 heteroatoms. The zero-order chi connectivity index (χ0) is 16.9.